The summed E-state index contributed by atoms with van der Waals surface area (Å²) in [6.07, 6.45) is 3.82. The van der Waals surface area contributed by atoms with Gasteiger partial charge in [0.15, 0.2) is 9.84 Å². The van der Waals surface area contributed by atoms with E-state index in [0.717, 1.165) is 25.7 Å². The van der Waals surface area contributed by atoms with Crippen LogP contribution in [-0.2, 0) is 29.1 Å². The van der Waals surface area contributed by atoms with Gasteiger partial charge in [-0.25, -0.2) is 8.42 Å². The molecular formula is C17H25BrO2S. The fourth-order valence-corrected chi connectivity index (χ4v) is 6.41. The highest BCUT2D eigenvalue weighted by Crippen LogP contribution is 2.41. The molecule has 0 spiro atoms. The molecule has 0 bridgehead atoms. The standard InChI is InChI=1S/C17H25BrO2S/c1-4-12-9-13(5-2)16(14(6-3)10-12)17(18)15-7-8-21(19,20)11-15/h9-10,15,17H,4-8,11H2,1-3H3. The van der Waals surface area contributed by atoms with Gasteiger partial charge in [-0.1, -0.05) is 48.8 Å². The van der Waals surface area contributed by atoms with Crippen molar-refractivity contribution in [3.63, 3.8) is 0 Å². The molecule has 1 aliphatic rings. The van der Waals surface area contributed by atoms with Crippen LogP contribution in [0.3, 0.4) is 0 Å². The third-order valence-corrected chi connectivity index (χ3v) is 7.54. The smallest absolute Gasteiger partial charge is 0.150 e. The van der Waals surface area contributed by atoms with Crippen LogP contribution in [0.5, 0.6) is 0 Å². The summed E-state index contributed by atoms with van der Waals surface area (Å²) in [5.74, 6) is 0.874. The van der Waals surface area contributed by atoms with Crippen LogP contribution in [0.4, 0.5) is 0 Å². The second kappa shape index (κ2) is 6.82. The van der Waals surface area contributed by atoms with Crippen molar-refractivity contribution in [1.82, 2.24) is 0 Å². The van der Waals surface area contributed by atoms with Crippen LogP contribution in [0.25, 0.3) is 0 Å². The highest BCUT2D eigenvalue weighted by molar-refractivity contribution is 9.09. The Morgan fingerprint density at radius 1 is 1.14 bits per heavy atom. The lowest BCUT2D eigenvalue weighted by atomic mass is 9.87. The first-order valence-corrected chi connectivity index (χ1v) is 10.6. The Morgan fingerprint density at radius 3 is 2.10 bits per heavy atom. The summed E-state index contributed by atoms with van der Waals surface area (Å²) in [6.45, 7) is 6.55. The first kappa shape index (κ1) is 17.0. The molecule has 0 N–H and O–H groups in total. The van der Waals surface area contributed by atoms with Crippen LogP contribution in [0.1, 0.15) is 54.3 Å². The molecule has 1 saturated heterocycles. The van der Waals surface area contributed by atoms with Gasteiger partial charge in [-0.2, -0.15) is 0 Å². The van der Waals surface area contributed by atoms with Crippen LogP contribution in [0.2, 0.25) is 0 Å². The van der Waals surface area contributed by atoms with E-state index in [0.29, 0.717) is 11.5 Å². The van der Waals surface area contributed by atoms with E-state index in [1.807, 2.05) is 0 Å². The van der Waals surface area contributed by atoms with Gasteiger partial charge in [-0.05, 0) is 53.9 Å². The lowest BCUT2D eigenvalue weighted by Gasteiger charge is -2.24. The summed E-state index contributed by atoms with van der Waals surface area (Å²) in [5.41, 5.74) is 5.47. The largest absolute Gasteiger partial charge is 0.229 e. The summed E-state index contributed by atoms with van der Waals surface area (Å²) in [4.78, 5) is 0.158. The molecule has 21 heavy (non-hydrogen) atoms. The van der Waals surface area contributed by atoms with Gasteiger partial charge >= 0.3 is 0 Å². The molecule has 1 heterocycles. The van der Waals surface area contributed by atoms with Gasteiger partial charge in [0, 0.05) is 4.83 Å². The van der Waals surface area contributed by atoms with Gasteiger partial charge in [0.2, 0.25) is 0 Å². The Bertz CT molecular complexity index is 582. The van der Waals surface area contributed by atoms with Crippen LogP contribution in [-0.4, -0.2) is 19.9 Å². The molecule has 2 nitrogen and oxygen atoms in total. The maximum Gasteiger partial charge on any atom is 0.150 e. The fourth-order valence-electron chi connectivity index (χ4n) is 3.28. The fraction of sp³-hybridized carbons (Fsp3) is 0.647. The minimum Gasteiger partial charge on any atom is -0.229 e. The van der Waals surface area contributed by atoms with Crippen molar-refractivity contribution in [1.29, 1.82) is 0 Å². The van der Waals surface area contributed by atoms with Crippen molar-refractivity contribution in [3.05, 3.63) is 34.4 Å². The van der Waals surface area contributed by atoms with Crippen molar-refractivity contribution in [2.24, 2.45) is 5.92 Å². The summed E-state index contributed by atoms with van der Waals surface area (Å²) < 4.78 is 23.5. The molecular weight excluding hydrogens is 348 g/mol. The Balaban J connectivity index is 2.42. The monoisotopic (exact) mass is 372 g/mol. The lowest BCUT2D eigenvalue weighted by molar-refractivity contribution is 0.575. The molecule has 0 amide bonds. The molecule has 1 aromatic rings. The van der Waals surface area contributed by atoms with Crippen molar-refractivity contribution in [3.8, 4) is 0 Å². The first-order valence-electron chi connectivity index (χ1n) is 7.90. The average molecular weight is 373 g/mol. The minimum absolute atomic E-state index is 0.158. The Labute approximate surface area is 137 Å². The van der Waals surface area contributed by atoms with E-state index in [1.165, 1.54) is 22.3 Å². The number of aryl methyl sites for hydroxylation is 3. The lowest BCUT2D eigenvalue weighted by Crippen LogP contribution is -2.14. The molecule has 1 aliphatic heterocycles. The van der Waals surface area contributed by atoms with Gasteiger partial charge in [-0.15, -0.1) is 0 Å². The Kier molecular flexibility index (Phi) is 5.53. The molecule has 2 unspecified atom stereocenters. The second-order valence-electron chi connectivity index (χ2n) is 5.95. The Hall–Kier alpha value is -0.350. The number of hydrogen-bond donors (Lipinski definition) is 0. The van der Waals surface area contributed by atoms with E-state index < -0.39 is 9.84 Å². The molecule has 0 radical (unpaired) electrons. The molecule has 1 fully saturated rings. The van der Waals surface area contributed by atoms with E-state index in [2.05, 4.69) is 48.8 Å². The van der Waals surface area contributed by atoms with Crippen molar-refractivity contribution >= 4 is 25.8 Å². The predicted octanol–water partition coefficient (Wildman–Crippen LogP) is 4.24. The van der Waals surface area contributed by atoms with Crippen molar-refractivity contribution < 1.29 is 8.42 Å². The number of sulfone groups is 1. The molecule has 118 valence electrons. The zero-order valence-electron chi connectivity index (χ0n) is 13.2. The van der Waals surface area contributed by atoms with Gasteiger partial charge in [0.05, 0.1) is 11.5 Å². The summed E-state index contributed by atoms with van der Waals surface area (Å²) in [5, 5.41) is 0. The molecule has 0 aliphatic carbocycles. The zero-order valence-corrected chi connectivity index (χ0v) is 15.6. The zero-order chi connectivity index (χ0) is 15.6. The molecule has 4 heteroatoms. The van der Waals surface area contributed by atoms with Crippen LogP contribution in [0, 0.1) is 5.92 Å². The molecule has 1 aromatic carbocycles. The first-order chi connectivity index (χ1) is 9.91. The van der Waals surface area contributed by atoms with E-state index in [-0.39, 0.29) is 10.7 Å². The second-order valence-corrected chi connectivity index (χ2v) is 9.17. The molecule has 0 aromatic heterocycles. The van der Waals surface area contributed by atoms with Gasteiger partial charge in [0.25, 0.3) is 0 Å². The van der Waals surface area contributed by atoms with Crippen LogP contribution >= 0.6 is 15.9 Å². The third-order valence-electron chi connectivity index (χ3n) is 4.54. The molecule has 2 rings (SSSR count). The van der Waals surface area contributed by atoms with Gasteiger partial charge in [-0.3, -0.25) is 0 Å². The van der Waals surface area contributed by atoms with E-state index in [9.17, 15) is 8.42 Å². The average Bonchev–Trinajstić information content (AvgIpc) is 2.85. The molecule has 2 atom stereocenters. The van der Waals surface area contributed by atoms with E-state index in [1.54, 1.807) is 0 Å². The van der Waals surface area contributed by atoms with Gasteiger partial charge in [0.1, 0.15) is 0 Å². The van der Waals surface area contributed by atoms with Crippen LogP contribution in [0.15, 0.2) is 12.1 Å². The highest BCUT2D eigenvalue weighted by Gasteiger charge is 2.34. The number of hydrogen-bond acceptors (Lipinski definition) is 2. The van der Waals surface area contributed by atoms with E-state index >= 15 is 0 Å². The highest BCUT2D eigenvalue weighted by atomic mass is 79.9. The SMILES string of the molecule is CCc1cc(CC)c(C(Br)C2CCS(=O)(=O)C2)c(CC)c1. The topological polar surface area (TPSA) is 34.1 Å². The third kappa shape index (κ3) is 3.70. The summed E-state index contributed by atoms with van der Waals surface area (Å²) >= 11 is 3.83. The minimum atomic E-state index is -2.83. The normalized spacial score (nSPS) is 22.4. The summed E-state index contributed by atoms with van der Waals surface area (Å²) in [7, 11) is -2.83. The molecule has 0 saturated carbocycles. The van der Waals surface area contributed by atoms with Gasteiger partial charge < -0.3 is 0 Å². The van der Waals surface area contributed by atoms with Crippen molar-refractivity contribution in [2.75, 3.05) is 11.5 Å². The number of halogens is 1. The quantitative estimate of drug-likeness (QED) is 0.724. The maximum atomic E-state index is 11.8. The Morgan fingerprint density at radius 2 is 1.71 bits per heavy atom. The number of rotatable bonds is 5. The maximum absolute atomic E-state index is 11.8. The number of alkyl halides is 1. The van der Waals surface area contributed by atoms with E-state index in [4.69, 9.17) is 0 Å². The van der Waals surface area contributed by atoms with Crippen molar-refractivity contribution in [2.45, 2.75) is 51.3 Å². The predicted molar refractivity (Wildman–Crippen MR) is 93.0 cm³/mol. The summed E-state index contributed by atoms with van der Waals surface area (Å²) in [6, 6.07) is 4.60. The number of benzene rings is 1. The van der Waals surface area contributed by atoms with Crippen LogP contribution < -0.4 is 0 Å².